The van der Waals surface area contributed by atoms with Gasteiger partial charge in [-0.1, -0.05) is 18.2 Å². The summed E-state index contributed by atoms with van der Waals surface area (Å²) >= 11 is 0. The summed E-state index contributed by atoms with van der Waals surface area (Å²) < 4.78 is 18.5. The zero-order chi connectivity index (χ0) is 21.0. The third-order valence-electron chi connectivity index (χ3n) is 4.40. The normalized spacial score (nSPS) is 11.4. The van der Waals surface area contributed by atoms with Crippen LogP contribution in [-0.2, 0) is 20.7 Å². The number of amides is 1. The molecule has 152 valence electrons. The molecule has 1 heterocycles. The third-order valence-corrected chi connectivity index (χ3v) is 4.40. The van der Waals surface area contributed by atoms with E-state index in [1.54, 1.807) is 32.9 Å². The third kappa shape index (κ3) is 5.44. The Kier molecular flexibility index (Phi) is 6.01. The molecule has 0 spiro atoms. The highest BCUT2D eigenvalue weighted by Gasteiger charge is 2.18. The van der Waals surface area contributed by atoms with Crippen LogP contribution in [0.5, 0.6) is 0 Å². The fraction of sp³-hybridized carbons (Fsp3) is 0.304. The molecule has 0 aliphatic rings. The molecule has 0 radical (unpaired) electrons. The number of hydrogen-bond donors (Lipinski definition) is 2. The smallest absolute Gasteiger partial charge is 0.325 e. The molecule has 3 aromatic rings. The molecule has 0 unspecified atom stereocenters. The number of hydrogen-bond acceptors (Lipinski definition) is 3. The predicted molar refractivity (Wildman–Crippen MR) is 111 cm³/mol. The highest BCUT2D eigenvalue weighted by Crippen LogP contribution is 2.31. The van der Waals surface area contributed by atoms with Gasteiger partial charge in [0.25, 0.3) is 0 Å². The number of aromatic nitrogens is 1. The van der Waals surface area contributed by atoms with E-state index >= 15 is 0 Å². The number of ether oxygens (including phenoxy) is 1. The standard InChI is InChI=1S/C23H25FN2O3/c1-23(2,3)29-21(28)14-25-20(27)13-12-18-17-6-4-5-7-19(17)26-22(18)15-8-10-16(24)11-9-15/h4-11,26H,12-14H2,1-3H3,(H,25,27). The fourth-order valence-electron chi connectivity index (χ4n) is 3.20. The van der Waals surface area contributed by atoms with Crippen LogP contribution in [0.3, 0.4) is 0 Å². The summed E-state index contributed by atoms with van der Waals surface area (Å²) in [4.78, 5) is 27.4. The van der Waals surface area contributed by atoms with Crippen molar-refractivity contribution in [1.29, 1.82) is 0 Å². The van der Waals surface area contributed by atoms with Crippen LogP contribution in [0.2, 0.25) is 0 Å². The molecule has 1 amide bonds. The molecular formula is C23H25FN2O3. The van der Waals surface area contributed by atoms with Gasteiger partial charge in [0, 0.05) is 23.0 Å². The first kappa shape index (κ1) is 20.6. The van der Waals surface area contributed by atoms with E-state index in [4.69, 9.17) is 4.74 Å². The molecule has 6 heteroatoms. The number of nitrogens with one attached hydrogen (secondary N) is 2. The Morgan fingerprint density at radius 2 is 1.76 bits per heavy atom. The minimum atomic E-state index is -0.587. The van der Waals surface area contributed by atoms with Gasteiger partial charge in [-0.25, -0.2) is 4.39 Å². The first-order chi connectivity index (χ1) is 13.7. The number of halogens is 1. The maximum absolute atomic E-state index is 13.3. The SMILES string of the molecule is CC(C)(C)OC(=O)CNC(=O)CCc1c(-c2ccc(F)cc2)[nH]c2ccccc12. The molecule has 0 saturated carbocycles. The Balaban J connectivity index is 1.72. The van der Waals surface area contributed by atoms with Gasteiger partial charge in [-0.2, -0.15) is 0 Å². The first-order valence-electron chi connectivity index (χ1n) is 9.57. The number of benzene rings is 2. The number of H-pyrrole nitrogens is 1. The Hall–Kier alpha value is -3.15. The van der Waals surface area contributed by atoms with Gasteiger partial charge in [-0.15, -0.1) is 0 Å². The topological polar surface area (TPSA) is 71.2 Å². The van der Waals surface area contributed by atoms with Crippen LogP contribution in [-0.4, -0.2) is 29.0 Å². The van der Waals surface area contributed by atoms with Gasteiger partial charge >= 0.3 is 5.97 Å². The quantitative estimate of drug-likeness (QED) is 0.608. The van der Waals surface area contributed by atoms with E-state index in [0.717, 1.165) is 27.7 Å². The number of aryl methyl sites for hydroxylation is 1. The lowest BCUT2D eigenvalue weighted by Gasteiger charge is -2.19. The lowest BCUT2D eigenvalue weighted by atomic mass is 10.0. The minimum absolute atomic E-state index is 0.158. The van der Waals surface area contributed by atoms with Gasteiger partial charge in [0.2, 0.25) is 5.91 Å². The molecule has 1 aromatic heterocycles. The van der Waals surface area contributed by atoms with Crippen molar-refractivity contribution in [3.8, 4) is 11.3 Å². The first-order valence-corrected chi connectivity index (χ1v) is 9.57. The predicted octanol–water partition coefficient (Wildman–Crippen LogP) is 4.36. The monoisotopic (exact) mass is 396 g/mol. The molecule has 0 fully saturated rings. The molecule has 3 rings (SSSR count). The second-order valence-corrected chi connectivity index (χ2v) is 7.89. The molecule has 5 nitrogen and oxygen atoms in total. The van der Waals surface area contributed by atoms with Gasteiger partial charge in [0.15, 0.2) is 0 Å². The largest absolute Gasteiger partial charge is 0.459 e. The number of para-hydroxylation sites is 1. The summed E-state index contributed by atoms with van der Waals surface area (Å²) in [5.74, 6) is -0.996. The minimum Gasteiger partial charge on any atom is -0.459 e. The van der Waals surface area contributed by atoms with Gasteiger partial charge < -0.3 is 15.0 Å². The average molecular weight is 396 g/mol. The Labute approximate surface area is 169 Å². The highest BCUT2D eigenvalue weighted by molar-refractivity contribution is 5.91. The average Bonchev–Trinajstić information content (AvgIpc) is 3.02. The van der Waals surface area contributed by atoms with Crippen molar-refractivity contribution in [3.63, 3.8) is 0 Å². The number of carbonyl (C=O) groups excluding carboxylic acids is 2. The van der Waals surface area contributed by atoms with Crippen molar-refractivity contribution < 1.29 is 18.7 Å². The summed E-state index contributed by atoms with van der Waals surface area (Å²) in [7, 11) is 0. The van der Waals surface area contributed by atoms with Crippen LogP contribution in [0.15, 0.2) is 48.5 Å². The highest BCUT2D eigenvalue weighted by atomic mass is 19.1. The fourth-order valence-corrected chi connectivity index (χ4v) is 3.20. The zero-order valence-corrected chi connectivity index (χ0v) is 16.8. The van der Waals surface area contributed by atoms with E-state index in [9.17, 15) is 14.0 Å². The van der Waals surface area contributed by atoms with Crippen LogP contribution in [0.25, 0.3) is 22.2 Å². The number of aromatic amines is 1. The molecule has 0 aliphatic heterocycles. The van der Waals surface area contributed by atoms with E-state index < -0.39 is 11.6 Å². The van der Waals surface area contributed by atoms with E-state index in [1.165, 1.54) is 12.1 Å². The molecule has 2 N–H and O–H groups in total. The van der Waals surface area contributed by atoms with E-state index in [2.05, 4.69) is 10.3 Å². The molecule has 0 bridgehead atoms. The molecule has 29 heavy (non-hydrogen) atoms. The molecule has 0 aliphatic carbocycles. The summed E-state index contributed by atoms with van der Waals surface area (Å²) in [6.45, 7) is 5.18. The Morgan fingerprint density at radius 1 is 1.07 bits per heavy atom. The molecular weight excluding hydrogens is 371 g/mol. The Morgan fingerprint density at radius 3 is 2.45 bits per heavy atom. The lowest BCUT2D eigenvalue weighted by molar-refractivity contribution is -0.154. The van der Waals surface area contributed by atoms with Crippen molar-refractivity contribution in [3.05, 3.63) is 59.9 Å². The van der Waals surface area contributed by atoms with Crippen molar-refractivity contribution in [2.75, 3.05) is 6.54 Å². The molecule has 0 atom stereocenters. The van der Waals surface area contributed by atoms with Gasteiger partial charge in [0.05, 0.1) is 0 Å². The number of rotatable bonds is 6. The summed E-state index contributed by atoms with van der Waals surface area (Å²) in [5, 5.41) is 3.63. The molecule has 2 aromatic carbocycles. The number of esters is 1. The van der Waals surface area contributed by atoms with Crippen molar-refractivity contribution in [2.45, 2.75) is 39.2 Å². The lowest BCUT2D eigenvalue weighted by Crippen LogP contribution is -2.34. The van der Waals surface area contributed by atoms with Gasteiger partial charge in [0.1, 0.15) is 18.0 Å². The van der Waals surface area contributed by atoms with Crippen LogP contribution in [0, 0.1) is 5.82 Å². The van der Waals surface area contributed by atoms with Crippen molar-refractivity contribution in [1.82, 2.24) is 10.3 Å². The Bertz CT molecular complexity index is 1020. The van der Waals surface area contributed by atoms with Crippen LogP contribution >= 0.6 is 0 Å². The number of fused-ring (bicyclic) bond motifs is 1. The van der Waals surface area contributed by atoms with Gasteiger partial charge in [-0.05, 0) is 68.7 Å². The second-order valence-electron chi connectivity index (χ2n) is 7.89. The van der Waals surface area contributed by atoms with E-state index in [-0.39, 0.29) is 24.7 Å². The maximum Gasteiger partial charge on any atom is 0.325 e. The summed E-state index contributed by atoms with van der Waals surface area (Å²) in [5.41, 5.74) is 3.07. The van der Waals surface area contributed by atoms with Crippen LogP contribution in [0.4, 0.5) is 4.39 Å². The van der Waals surface area contributed by atoms with E-state index in [0.29, 0.717) is 6.42 Å². The summed E-state index contributed by atoms with van der Waals surface area (Å²) in [6, 6.07) is 14.1. The van der Waals surface area contributed by atoms with Crippen LogP contribution in [0.1, 0.15) is 32.8 Å². The summed E-state index contributed by atoms with van der Waals surface area (Å²) in [6.07, 6.45) is 0.704. The van der Waals surface area contributed by atoms with E-state index in [1.807, 2.05) is 24.3 Å². The molecule has 0 saturated heterocycles. The van der Waals surface area contributed by atoms with Crippen LogP contribution < -0.4 is 5.32 Å². The zero-order valence-electron chi connectivity index (χ0n) is 16.8. The number of carbonyl (C=O) groups is 2. The van der Waals surface area contributed by atoms with Crippen molar-refractivity contribution >= 4 is 22.8 Å². The maximum atomic E-state index is 13.3. The van der Waals surface area contributed by atoms with Crippen molar-refractivity contribution in [2.24, 2.45) is 0 Å². The second kappa shape index (κ2) is 8.47. The van der Waals surface area contributed by atoms with Gasteiger partial charge in [-0.3, -0.25) is 9.59 Å².